The van der Waals surface area contributed by atoms with Crippen molar-refractivity contribution in [3.63, 3.8) is 0 Å². The molecule has 4 N–H and O–H groups in total. The van der Waals surface area contributed by atoms with E-state index in [1.54, 1.807) is 0 Å². The first-order valence-corrected chi connectivity index (χ1v) is 9.21. The van der Waals surface area contributed by atoms with Gasteiger partial charge in [0.25, 0.3) is 0 Å². The second-order valence-corrected chi connectivity index (χ2v) is 7.36. The second kappa shape index (κ2) is 9.80. The van der Waals surface area contributed by atoms with Crippen molar-refractivity contribution in [2.45, 2.75) is 70.4 Å². The van der Waals surface area contributed by atoms with Gasteiger partial charge in [0.15, 0.2) is 0 Å². The van der Waals surface area contributed by atoms with E-state index in [1.807, 2.05) is 6.92 Å². The third-order valence-corrected chi connectivity index (χ3v) is 5.24. The van der Waals surface area contributed by atoms with Crippen molar-refractivity contribution in [2.75, 3.05) is 0 Å². The number of nitrogens with two attached hydrogens (primary N) is 2. The molecule has 2 unspecified atom stereocenters. The largest absolute Gasteiger partial charge is 0.328 e. The maximum absolute atomic E-state index is 6.45. The molecule has 1 saturated carbocycles. The third-order valence-electron chi connectivity index (χ3n) is 5.24. The highest BCUT2D eigenvalue weighted by molar-refractivity contribution is 5.58. The molecular formula is C22H36N2. The van der Waals surface area contributed by atoms with Crippen molar-refractivity contribution in [2.24, 2.45) is 17.4 Å². The van der Waals surface area contributed by atoms with Crippen LogP contribution in [0.5, 0.6) is 0 Å². The van der Waals surface area contributed by atoms with Crippen LogP contribution in [-0.4, -0.2) is 12.1 Å². The minimum atomic E-state index is -0.0336. The van der Waals surface area contributed by atoms with Gasteiger partial charge in [0.05, 0.1) is 0 Å². The Balaban J connectivity index is 2.58. The van der Waals surface area contributed by atoms with E-state index in [9.17, 15) is 0 Å². The minimum absolute atomic E-state index is 0.0336. The van der Waals surface area contributed by atoms with Crippen molar-refractivity contribution in [1.82, 2.24) is 0 Å². The molecule has 0 saturated heterocycles. The van der Waals surface area contributed by atoms with Crippen LogP contribution in [0.3, 0.4) is 0 Å². The summed E-state index contributed by atoms with van der Waals surface area (Å²) in [5.41, 5.74) is 16.7. The predicted octanol–water partition coefficient (Wildman–Crippen LogP) is 5.19. The summed E-state index contributed by atoms with van der Waals surface area (Å²) in [4.78, 5) is 0. The van der Waals surface area contributed by atoms with Crippen LogP contribution in [-0.2, 0) is 0 Å². The summed E-state index contributed by atoms with van der Waals surface area (Å²) < 4.78 is 0. The van der Waals surface area contributed by atoms with Crippen molar-refractivity contribution in [3.8, 4) is 0 Å². The minimum Gasteiger partial charge on any atom is -0.328 e. The molecule has 1 aliphatic carbocycles. The molecule has 1 rings (SSSR count). The van der Waals surface area contributed by atoms with Gasteiger partial charge in [0, 0.05) is 12.1 Å². The van der Waals surface area contributed by atoms with Crippen LogP contribution >= 0.6 is 0 Å². The zero-order valence-electron chi connectivity index (χ0n) is 15.6. The lowest BCUT2D eigenvalue weighted by Gasteiger charge is -2.30. The molecule has 0 radical (unpaired) electrons. The van der Waals surface area contributed by atoms with Crippen molar-refractivity contribution < 1.29 is 0 Å². The van der Waals surface area contributed by atoms with Gasteiger partial charge in [-0.2, -0.15) is 0 Å². The van der Waals surface area contributed by atoms with E-state index in [-0.39, 0.29) is 12.1 Å². The Bertz CT molecular complexity index is 504. The van der Waals surface area contributed by atoms with Gasteiger partial charge in [-0.15, -0.1) is 0 Å². The van der Waals surface area contributed by atoms with Crippen LogP contribution in [0.25, 0.3) is 0 Å². The Kier molecular flexibility index (Phi) is 8.44. The van der Waals surface area contributed by atoms with Gasteiger partial charge in [-0.05, 0) is 72.8 Å². The summed E-state index contributed by atoms with van der Waals surface area (Å²) in [6.07, 6.45) is 9.10. The summed E-state index contributed by atoms with van der Waals surface area (Å²) in [6, 6.07) is 0.186. The van der Waals surface area contributed by atoms with E-state index in [0.29, 0.717) is 5.92 Å². The fourth-order valence-corrected chi connectivity index (χ4v) is 3.36. The zero-order valence-corrected chi connectivity index (χ0v) is 15.6. The Morgan fingerprint density at radius 2 is 1.50 bits per heavy atom. The summed E-state index contributed by atoms with van der Waals surface area (Å²) in [7, 11) is 0. The quantitative estimate of drug-likeness (QED) is 0.542. The van der Waals surface area contributed by atoms with Gasteiger partial charge in [-0.25, -0.2) is 0 Å². The summed E-state index contributed by atoms with van der Waals surface area (Å²) in [6.45, 7) is 22.9. The molecule has 2 nitrogen and oxygen atoms in total. The first kappa shape index (κ1) is 20.7. The molecule has 0 bridgehead atoms. The molecule has 0 spiro atoms. The van der Waals surface area contributed by atoms with E-state index >= 15 is 0 Å². The molecule has 24 heavy (non-hydrogen) atoms. The second-order valence-electron chi connectivity index (χ2n) is 7.36. The van der Waals surface area contributed by atoms with Gasteiger partial charge in [-0.3, -0.25) is 0 Å². The van der Waals surface area contributed by atoms with Gasteiger partial charge < -0.3 is 11.5 Å². The molecule has 134 valence electrons. The van der Waals surface area contributed by atoms with Crippen LogP contribution in [0.15, 0.2) is 60.8 Å². The number of hydrogen-bond donors (Lipinski definition) is 2. The van der Waals surface area contributed by atoms with E-state index in [2.05, 4.69) is 32.9 Å². The van der Waals surface area contributed by atoms with Crippen LogP contribution in [0.1, 0.15) is 58.3 Å². The molecule has 0 aliphatic heterocycles. The van der Waals surface area contributed by atoms with Crippen molar-refractivity contribution in [1.29, 1.82) is 0 Å². The van der Waals surface area contributed by atoms with Crippen molar-refractivity contribution in [3.05, 3.63) is 60.8 Å². The van der Waals surface area contributed by atoms with Crippen LogP contribution in [0.2, 0.25) is 0 Å². The van der Waals surface area contributed by atoms with Gasteiger partial charge in [0.2, 0.25) is 0 Å². The third kappa shape index (κ3) is 5.92. The lowest BCUT2D eigenvalue weighted by atomic mass is 9.78. The first-order valence-electron chi connectivity index (χ1n) is 9.21. The van der Waals surface area contributed by atoms with Gasteiger partial charge in [-0.1, -0.05) is 52.2 Å². The van der Waals surface area contributed by atoms with Crippen LogP contribution in [0.4, 0.5) is 0 Å². The zero-order chi connectivity index (χ0) is 18.3. The van der Waals surface area contributed by atoms with Crippen molar-refractivity contribution >= 4 is 0 Å². The topological polar surface area (TPSA) is 52.0 Å². The molecule has 2 heteroatoms. The molecule has 2 atom stereocenters. The molecular weight excluding hydrogens is 292 g/mol. The van der Waals surface area contributed by atoms with Crippen LogP contribution < -0.4 is 11.5 Å². The highest BCUT2D eigenvalue weighted by Crippen LogP contribution is 2.33. The molecule has 1 fully saturated rings. The predicted molar refractivity (Wildman–Crippen MR) is 108 cm³/mol. The number of allylic oxidation sites excluding steroid dienone is 3. The fraction of sp³-hybridized carbons (Fsp3) is 0.545. The first-order chi connectivity index (χ1) is 11.3. The lowest BCUT2D eigenvalue weighted by molar-refractivity contribution is 0.327. The summed E-state index contributed by atoms with van der Waals surface area (Å²) in [5, 5.41) is 0. The Hall–Kier alpha value is -1.38. The standard InChI is InChI=1S/C22H36N2/c1-15(11-10-12-16(2)23)17(3)18(4)19(5)20(6)22(24)21-13-8-7-9-14-21/h16,21-22H,1,3-14,23-24H2,2H3. The summed E-state index contributed by atoms with van der Waals surface area (Å²) in [5.74, 6) is 0.512. The van der Waals surface area contributed by atoms with Gasteiger partial charge >= 0.3 is 0 Å². The number of rotatable bonds is 10. The Labute approximate surface area is 149 Å². The SMILES string of the molecule is C=C(CCCC(C)N)C(=C)C(=C)C(=C)C(=C)C(N)C1CCCCC1. The highest BCUT2D eigenvalue weighted by atomic mass is 14.7. The fourth-order valence-electron chi connectivity index (χ4n) is 3.36. The molecule has 0 aromatic rings. The molecule has 0 amide bonds. The average molecular weight is 329 g/mol. The molecule has 0 heterocycles. The van der Waals surface area contributed by atoms with E-state index in [4.69, 9.17) is 11.5 Å². The smallest absolute Gasteiger partial charge is 0.0323 e. The van der Waals surface area contributed by atoms with E-state index in [1.165, 1.54) is 32.1 Å². The normalized spacial score (nSPS) is 17.8. The average Bonchev–Trinajstić information content (AvgIpc) is 2.58. The Morgan fingerprint density at radius 3 is 2.04 bits per heavy atom. The van der Waals surface area contributed by atoms with E-state index in [0.717, 1.165) is 47.1 Å². The monoisotopic (exact) mass is 328 g/mol. The maximum Gasteiger partial charge on any atom is 0.0323 e. The molecule has 0 aromatic heterocycles. The lowest BCUT2D eigenvalue weighted by Crippen LogP contribution is -2.33. The maximum atomic E-state index is 6.45. The number of hydrogen-bond acceptors (Lipinski definition) is 2. The van der Waals surface area contributed by atoms with Crippen LogP contribution in [0, 0.1) is 5.92 Å². The highest BCUT2D eigenvalue weighted by Gasteiger charge is 2.24. The summed E-state index contributed by atoms with van der Waals surface area (Å²) >= 11 is 0. The Morgan fingerprint density at radius 1 is 0.917 bits per heavy atom. The molecule has 0 aromatic carbocycles. The van der Waals surface area contributed by atoms with E-state index < -0.39 is 0 Å². The molecule has 1 aliphatic rings. The van der Waals surface area contributed by atoms with Gasteiger partial charge in [0.1, 0.15) is 0 Å².